The molecule has 4 aliphatic heterocycles. The van der Waals surface area contributed by atoms with Crippen molar-refractivity contribution in [1.29, 1.82) is 0 Å². The van der Waals surface area contributed by atoms with E-state index in [1.165, 1.54) is 12.0 Å². The molecule has 4 fully saturated rings. The first-order chi connectivity index (χ1) is 32.8. The fraction of sp³-hybridized carbons (Fsp3) is 0.759. The Bertz CT molecular complexity index is 1870. The molecule has 5 aliphatic rings. The van der Waals surface area contributed by atoms with Crippen LogP contribution in [0.4, 0.5) is 0 Å². The third-order valence-electron chi connectivity index (χ3n) is 15.4. The smallest absolute Gasteiger partial charge is 0.329 e. The van der Waals surface area contributed by atoms with Crippen molar-refractivity contribution in [2.45, 2.75) is 180 Å². The number of esters is 1. The molecule has 0 spiro atoms. The summed E-state index contributed by atoms with van der Waals surface area (Å²) in [5.41, 5.74) is 1.28. The molecule has 388 valence electrons. The molecule has 3 N–H and O–H groups in total. The lowest BCUT2D eigenvalue weighted by Crippen LogP contribution is -2.61. The molecule has 15 heteroatoms. The van der Waals surface area contributed by atoms with Gasteiger partial charge in [-0.15, -0.1) is 0 Å². The summed E-state index contributed by atoms with van der Waals surface area (Å²) in [4.78, 5) is 72.3. The van der Waals surface area contributed by atoms with Gasteiger partial charge in [-0.25, -0.2) is 4.79 Å². The number of hydrogen-bond donors (Lipinski definition) is 3. The lowest BCUT2D eigenvalue weighted by Gasteiger charge is -2.43. The summed E-state index contributed by atoms with van der Waals surface area (Å²) < 4.78 is 35.5. The van der Waals surface area contributed by atoms with E-state index in [-0.39, 0.29) is 60.7 Å². The van der Waals surface area contributed by atoms with Gasteiger partial charge in [0.25, 0.3) is 11.7 Å². The highest BCUT2D eigenvalue weighted by molar-refractivity contribution is 6.39. The molecule has 15 nitrogen and oxygen atoms in total. The lowest BCUT2D eigenvalue weighted by atomic mass is 9.78. The fourth-order valence-electron chi connectivity index (χ4n) is 10.7. The van der Waals surface area contributed by atoms with Crippen LogP contribution in [0.5, 0.6) is 0 Å². The first-order valence-corrected chi connectivity index (χ1v) is 25.6. The molecule has 1 saturated carbocycles. The summed E-state index contributed by atoms with van der Waals surface area (Å²) >= 11 is 0. The number of aliphatic hydroxyl groups is 3. The number of aliphatic hydroxyl groups excluding tert-OH is 2. The number of rotatable bonds is 8. The number of piperidine rings is 1. The van der Waals surface area contributed by atoms with Crippen LogP contribution in [0.2, 0.25) is 0 Å². The van der Waals surface area contributed by atoms with Crippen molar-refractivity contribution in [3.05, 3.63) is 47.6 Å². The molecule has 4 heterocycles. The third-order valence-corrected chi connectivity index (χ3v) is 15.4. The molecule has 2 bridgehead atoms. The van der Waals surface area contributed by atoms with Crippen LogP contribution in [0.15, 0.2) is 47.6 Å². The molecule has 3 saturated heterocycles. The standard InChI is InChI=1S/C54H83NO14/c1-32-15-11-10-12-16-33(2)45(67-31-40-29-66-30-40)27-41-20-18-38(7)54(63,69-41)51(60)52(61)55-22-14-13-17-42(55)53(62)68-46(35(4)25-39-19-21-43(56)47(26-39)64-8)28-44(57)34(3)24-37(6)49(59)50(65-9)48(58)36(5)23-32/h10-12,15-16,24,32,34-36,38-43,45-47,49-50,56,59,63H,13-14,17-23,25-31H2,1-9H3/b12-10+,15-11+,33-16+,37-24+/t32-,34-,35-,36-,38-,39+,41+,42+,43-,45?,46+,47-,49-,50+,54?/m1/s1. The zero-order valence-electron chi connectivity index (χ0n) is 42.7. The second kappa shape index (κ2) is 26.3. The second-order valence-electron chi connectivity index (χ2n) is 21.1. The van der Waals surface area contributed by atoms with Gasteiger partial charge in [-0.3, -0.25) is 19.2 Å². The summed E-state index contributed by atoms with van der Waals surface area (Å²) in [6.07, 6.45) is 11.2. The van der Waals surface area contributed by atoms with Gasteiger partial charge in [0, 0.05) is 57.3 Å². The Morgan fingerprint density at radius 2 is 1.59 bits per heavy atom. The molecule has 1 amide bonds. The molecule has 15 atom stereocenters. The van der Waals surface area contributed by atoms with Gasteiger partial charge in [-0.05, 0) is 107 Å². The number of ether oxygens (including phenoxy) is 6. The van der Waals surface area contributed by atoms with E-state index >= 15 is 0 Å². The Hall–Kier alpha value is -3.41. The van der Waals surface area contributed by atoms with Crippen molar-refractivity contribution in [2.75, 3.05) is 40.6 Å². The molecular weight excluding hydrogens is 887 g/mol. The highest BCUT2D eigenvalue weighted by atomic mass is 16.6. The molecule has 69 heavy (non-hydrogen) atoms. The second-order valence-corrected chi connectivity index (χ2v) is 21.1. The van der Waals surface area contributed by atoms with Crippen LogP contribution in [0.1, 0.15) is 126 Å². The third kappa shape index (κ3) is 15.1. The van der Waals surface area contributed by atoms with Gasteiger partial charge < -0.3 is 48.6 Å². The maximum Gasteiger partial charge on any atom is 0.329 e. The average molecular weight is 970 g/mol. The van der Waals surface area contributed by atoms with Gasteiger partial charge in [0.1, 0.15) is 30.1 Å². The summed E-state index contributed by atoms with van der Waals surface area (Å²) in [5, 5.41) is 34.1. The van der Waals surface area contributed by atoms with Gasteiger partial charge in [0.2, 0.25) is 5.79 Å². The Labute approximate surface area is 410 Å². The monoisotopic (exact) mass is 970 g/mol. The molecule has 0 aromatic rings. The highest BCUT2D eigenvalue weighted by Gasteiger charge is 2.53. The van der Waals surface area contributed by atoms with Crippen molar-refractivity contribution in [3.8, 4) is 0 Å². The minimum Gasteiger partial charge on any atom is -0.460 e. The van der Waals surface area contributed by atoms with Crippen LogP contribution >= 0.6 is 0 Å². The van der Waals surface area contributed by atoms with Gasteiger partial charge in [-0.1, -0.05) is 71.1 Å². The topological polar surface area (TPSA) is 205 Å². The van der Waals surface area contributed by atoms with Crippen molar-refractivity contribution < 1.29 is 67.7 Å². The number of fused-ring (bicyclic) bond motifs is 3. The minimum absolute atomic E-state index is 0.00918. The predicted octanol–water partition coefficient (Wildman–Crippen LogP) is 6.20. The van der Waals surface area contributed by atoms with Crippen molar-refractivity contribution in [1.82, 2.24) is 4.90 Å². The Balaban J connectivity index is 1.47. The normalized spacial score (nSPS) is 40.0. The Kier molecular flexibility index (Phi) is 21.6. The van der Waals surface area contributed by atoms with Gasteiger partial charge in [0.15, 0.2) is 5.78 Å². The average Bonchev–Trinajstić information content (AvgIpc) is 3.31. The first-order valence-electron chi connectivity index (χ1n) is 25.6. The molecule has 1 aliphatic carbocycles. The number of ketones is 3. The van der Waals surface area contributed by atoms with E-state index in [0.29, 0.717) is 83.2 Å². The Morgan fingerprint density at radius 3 is 2.28 bits per heavy atom. The number of cyclic esters (lactones) is 1. The summed E-state index contributed by atoms with van der Waals surface area (Å²) in [7, 11) is 2.95. The molecule has 0 aromatic heterocycles. The number of methoxy groups -OCH3 is 2. The van der Waals surface area contributed by atoms with Crippen molar-refractivity contribution in [2.24, 2.45) is 41.4 Å². The SMILES string of the molecule is CO[C@@H]1C[C@H](C[C@@H](C)[C@@H]2CC(=O)[C@H](C)/C=C(\C)[C@@H](O)[C@@H](OC)C(=O)[C@H](C)C[C@H](C)/C=C/C=C/C=C(\C)C(OCC3COC3)C[C@@H]3CC[C@@H](C)C(O)(O3)C(=O)C(=O)N3CCCC[C@H]3C(=O)O2)CC[C@H]1O. The van der Waals surface area contributed by atoms with Gasteiger partial charge in [0.05, 0.1) is 44.2 Å². The van der Waals surface area contributed by atoms with Gasteiger partial charge in [-0.2, -0.15) is 0 Å². The predicted molar refractivity (Wildman–Crippen MR) is 258 cm³/mol. The van der Waals surface area contributed by atoms with E-state index in [2.05, 4.69) is 0 Å². The number of carbonyl (C=O) groups excluding carboxylic acids is 5. The van der Waals surface area contributed by atoms with Crippen molar-refractivity contribution in [3.63, 3.8) is 0 Å². The van der Waals surface area contributed by atoms with Crippen LogP contribution in [-0.4, -0.2) is 145 Å². The largest absolute Gasteiger partial charge is 0.460 e. The number of nitrogens with zero attached hydrogens (tertiary/aromatic N) is 1. The van der Waals surface area contributed by atoms with Crippen LogP contribution in [-0.2, 0) is 52.4 Å². The minimum atomic E-state index is -2.45. The molecule has 5 rings (SSSR count). The van der Waals surface area contributed by atoms with Crippen LogP contribution in [0.25, 0.3) is 0 Å². The molecular formula is C54H83NO14. The zero-order chi connectivity index (χ0) is 50.6. The summed E-state index contributed by atoms with van der Waals surface area (Å²) in [6, 6.07) is -1.15. The van der Waals surface area contributed by atoms with Crippen LogP contribution < -0.4 is 0 Å². The van der Waals surface area contributed by atoms with Gasteiger partial charge >= 0.3 is 5.97 Å². The zero-order valence-corrected chi connectivity index (χ0v) is 42.7. The van der Waals surface area contributed by atoms with Crippen LogP contribution in [0, 0.1) is 41.4 Å². The van der Waals surface area contributed by atoms with E-state index in [1.807, 2.05) is 58.1 Å². The maximum atomic E-state index is 14.5. The van der Waals surface area contributed by atoms with E-state index in [0.717, 1.165) is 12.0 Å². The number of hydrogen-bond acceptors (Lipinski definition) is 14. The summed E-state index contributed by atoms with van der Waals surface area (Å²) in [6.45, 7) is 14.5. The number of carbonyl (C=O) groups is 5. The number of amides is 1. The maximum absolute atomic E-state index is 14.5. The van der Waals surface area contributed by atoms with E-state index < -0.39 is 83.9 Å². The number of allylic oxidation sites excluding steroid dienone is 6. The highest BCUT2D eigenvalue weighted by Crippen LogP contribution is 2.38. The first kappa shape index (κ1) is 56.5. The fourth-order valence-corrected chi connectivity index (χ4v) is 10.7. The van der Waals surface area contributed by atoms with E-state index in [9.17, 15) is 39.3 Å². The molecule has 0 radical (unpaired) electrons. The Morgan fingerprint density at radius 1 is 0.855 bits per heavy atom. The lowest BCUT2D eigenvalue weighted by molar-refractivity contribution is -0.266. The molecule has 0 aromatic carbocycles. The quantitative estimate of drug-likeness (QED) is 0.141. The van der Waals surface area contributed by atoms with Crippen LogP contribution in [0.3, 0.4) is 0 Å². The van der Waals surface area contributed by atoms with Crippen molar-refractivity contribution >= 4 is 29.2 Å². The molecule has 2 unspecified atom stereocenters. The van der Waals surface area contributed by atoms with E-state index in [1.54, 1.807) is 34.0 Å². The van der Waals surface area contributed by atoms with E-state index in [4.69, 9.17) is 28.4 Å². The summed E-state index contributed by atoms with van der Waals surface area (Å²) in [5.74, 6) is -7.78. The number of Topliss-reactive ketones (excluding diaryl/α,β-unsaturated/α-hetero) is 3.